The molecule has 1 aromatic heterocycles. The van der Waals surface area contributed by atoms with Crippen LogP contribution in [0.15, 0.2) is 45.5 Å². The third-order valence-corrected chi connectivity index (χ3v) is 3.33. The number of furan rings is 1. The van der Waals surface area contributed by atoms with Gasteiger partial charge in [-0.3, -0.25) is 4.79 Å². The molecule has 2 aromatic rings. The van der Waals surface area contributed by atoms with Crippen molar-refractivity contribution in [3.8, 4) is 0 Å². The van der Waals surface area contributed by atoms with E-state index in [1.165, 1.54) is 30.5 Å². The van der Waals surface area contributed by atoms with Crippen LogP contribution in [0.5, 0.6) is 0 Å². The van der Waals surface area contributed by atoms with Gasteiger partial charge >= 0.3 is 6.18 Å². The number of halogens is 4. The molecule has 2 rings (SSSR count). The standard InChI is InChI=1S/C15H12BrF3NO2/c1-9(20-14(21)13-7-11(16)8-22-13)6-10-4-2-3-5-12(10)15(17,18)19/h2-5,7-9H,1,6H2,(H,20,21)/t9-/m0/s1. The van der Waals surface area contributed by atoms with Gasteiger partial charge in [0.1, 0.15) is 6.26 Å². The Balaban J connectivity index is 2.07. The summed E-state index contributed by atoms with van der Waals surface area (Å²) in [6.07, 6.45) is -3.14. The monoisotopic (exact) mass is 374 g/mol. The van der Waals surface area contributed by atoms with Crippen LogP contribution in [-0.4, -0.2) is 11.9 Å². The van der Waals surface area contributed by atoms with Crippen molar-refractivity contribution in [1.29, 1.82) is 0 Å². The Labute approximate surface area is 133 Å². The number of benzene rings is 1. The van der Waals surface area contributed by atoms with Crippen molar-refractivity contribution in [1.82, 2.24) is 5.32 Å². The average molecular weight is 375 g/mol. The van der Waals surface area contributed by atoms with Gasteiger partial charge < -0.3 is 9.73 Å². The molecule has 1 heterocycles. The molecule has 0 unspecified atom stereocenters. The Morgan fingerprint density at radius 1 is 1.36 bits per heavy atom. The molecule has 1 atom stereocenters. The van der Waals surface area contributed by atoms with Crippen LogP contribution in [0.25, 0.3) is 0 Å². The summed E-state index contributed by atoms with van der Waals surface area (Å²) in [7, 11) is 0. The zero-order valence-electron chi connectivity index (χ0n) is 11.3. The van der Waals surface area contributed by atoms with Crippen molar-refractivity contribution in [2.45, 2.75) is 18.6 Å². The van der Waals surface area contributed by atoms with E-state index in [1.807, 2.05) is 0 Å². The highest BCUT2D eigenvalue weighted by atomic mass is 79.9. The Morgan fingerprint density at radius 3 is 2.64 bits per heavy atom. The lowest BCUT2D eigenvalue weighted by atomic mass is 10.0. The summed E-state index contributed by atoms with van der Waals surface area (Å²) < 4.78 is 44.3. The first-order valence-corrected chi connectivity index (χ1v) is 7.09. The summed E-state index contributed by atoms with van der Waals surface area (Å²) in [6.45, 7) is 3.68. The van der Waals surface area contributed by atoms with Gasteiger partial charge in [-0.15, -0.1) is 0 Å². The van der Waals surface area contributed by atoms with E-state index in [2.05, 4.69) is 28.2 Å². The minimum atomic E-state index is -4.44. The van der Waals surface area contributed by atoms with Crippen molar-refractivity contribution in [2.24, 2.45) is 0 Å². The molecule has 1 N–H and O–H groups in total. The van der Waals surface area contributed by atoms with Gasteiger partial charge in [-0.25, -0.2) is 0 Å². The number of hydrogen-bond donors (Lipinski definition) is 1. The van der Waals surface area contributed by atoms with E-state index in [0.717, 1.165) is 6.07 Å². The van der Waals surface area contributed by atoms with Crippen molar-refractivity contribution >= 4 is 21.8 Å². The van der Waals surface area contributed by atoms with Gasteiger partial charge in [0.25, 0.3) is 5.91 Å². The Bertz CT molecular complexity index is 667. The molecule has 0 saturated carbocycles. The second-order valence-corrected chi connectivity index (χ2v) is 5.57. The molecule has 7 heteroatoms. The van der Waals surface area contributed by atoms with Crippen LogP contribution < -0.4 is 5.32 Å². The number of hydrogen-bond acceptors (Lipinski definition) is 2. The van der Waals surface area contributed by atoms with E-state index in [1.54, 1.807) is 0 Å². The van der Waals surface area contributed by atoms with Crippen LogP contribution in [0.3, 0.4) is 0 Å². The van der Waals surface area contributed by atoms with Gasteiger partial charge in [-0.1, -0.05) is 18.2 Å². The normalized spacial score (nSPS) is 13.0. The number of carbonyl (C=O) groups is 1. The van der Waals surface area contributed by atoms with Gasteiger partial charge in [0.05, 0.1) is 10.0 Å². The number of carbonyl (C=O) groups excluding carboxylic acids is 1. The van der Waals surface area contributed by atoms with Gasteiger partial charge in [0.15, 0.2) is 5.76 Å². The fourth-order valence-electron chi connectivity index (χ4n) is 1.98. The smallest absolute Gasteiger partial charge is 0.416 e. The van der Waals surface area contributed by atoms with Gasteiger partial charge in [0, 0.05) is 12.1 Å². The van der Waals surface area contributed by atoms with E-state index in [4.69, 9.17) is 4.42 Å². The molecule has 1 aromatic carbocycles. The molecule has 0 aliphatic heterocycles. The highest BCUT2D eigenvalue weighted by Gasteiger charge is 2.33. The number of nitrogens with one attached hydrogen (secondary N) is 1. The summed E-state index contributed by atoms with van der Waals surface area (Å²) in [5.74, 6) is -0.472. The molecule has 22 heavy (non-hydrogen) atoms. The minimum Gasteiger partial charge on any atom is -0.458 e. The third kappa shape index (κ3) is 4.13. The fraction of sp³-hybridized carbons (Fsp3) is 0.200. The molecule has 0 fully saturated rings. The molecule has 0 bridgehead atoms. The minimum absolute atomic E-state index is 0.0384. The summed E-state index contributed by atoms with van der Waals surface area (Å²) in [5, 5.41) is 2.50. The lowest BCUT2D eigenvalue weighted by Gasteiger charge is -2.17. The van der Waals surface area contributed by atoms with Crippen molar-refractivity contribution in [3.05, 3.63) is 64.9 Å². The first kappa shape index (κ1) is 16.6. The molecule has 3 nitrogen and oxygen atoms in total. The second-order valence-electron chi connectivity index (χ2n) is 4.66. The Hall–Kier alpha value is -1.76. The topological polar surface area (TPSA) is 42.2 Å². The van der Waals surface area contributed by atoms with Crippen LogP contribution in [0.2, 0.25) is 0 Å². The van der Waals surface area contributed by atoms with Crippen molar-refractivity contribution in [2.75, 3.05) is 0 Å². The van der Waals surface area contributed by atoms with E-state index >= 15 is 0 Å². The maximum atomic E-state index is 12.9. The summed E-state index contributed by atoms with van der Waals surface area (Å²) in [6, 6.07) is 5.96. The van der Waals surface area contributed by atoms with Crippen LogP contribution >= 0.6 is 15.9 Å². The van der Waals surface area contributed by atoms with Crippen molar-refractivity contribution in [3.63, 3.8) is 0 Å². The Kier molecular flexibility index (Phi) is 4.95. The Morgan fingerprint density at radius 2 is 2.05 bits per heavy atom. The highest BCUT2D eigenvalue weighted by molar-refractivity contribution is 9.10. The van der Waals surface area contributed by atoms with Crippen molar-refractivity contribution < 1.29 is 22.4 Å². The molecule has 0 spiro atoms. The summed E-state index contributed by atoms with van der Waals surface area (Å²) in [4.78, 5) is 11.9. The molecule has 0 saturated heterocycles. The summed E-state index contributed by atoms with van der Waals surface area (Å²) in [5.41, 5.74) is -0.644. The zero-order chi connectivity index (χ0) is 16.3. The molecule has 1 amide bonds. The van der Waals surface area contributed by atoms with E-state index in [9.17, 15) is 18.0 Å². The molecule has 1 radical (unpaired) electrons. The van der Waals surface area contributed by atoms with E-state index in [0.29, 0.717) is 4.47 Å². The number of rotatable bonds is 4. The quantitative estimate of drug-likeness (QED) is 0.869. The maximum Gasteiger partial charge on any atom is 0.416 e. The predicted octanol–water partition coefficient (Wildman–Crippen LogP) is 4.24. The lowest BCUT2D eigenvalue weighted by molar-refractivity contribution is -0.138. The summed E-state index contributed by atoms with van der Waals surface area (Å²) >= 11 is 3.14. The SMILES string of the molecule is [CH2][C@@H](Cc1ccccc1C(F)(F)F)NC(=O)c1cc(Br)co1. The second kappa shape index (κ2) is 6.56. The van der Waals surface area contributed by atoms with Gasteiger partial charge in [-0.05, 0) is 40.9 Å². The largest absolute Gasteiger partial charge is 0.458 e. The molecule has 0 aliphatic rings. The van der Waals surface area contributed by atoms with E-state index < -0.39 is 23.7 Å². The predicted molar refractivity (Wildman–Crippen MR) is 78.2 cm³/mol. The highest BCUT2D eigenvalue weighted by Crippen LogP contribution is 2.32. The van der Waals surface area contributed by atoms with Crippen LogP contribution in [0, 0.1) is 6.92 Å². The van der Waals surface area contributed by atoms with Gasteiger partial charge in [0.2, 0.25) is 0 Å². The van der Waals surface area contributed by atoms with Crippen LogP contribution in [-0.2, 0) is 12.6 Å². The molecule has 0 aliphatic carbocycles. The zero-order valence-corrected chi connectivity index (χ0v) is 12.9. The lowest BCUT2D eigenvalue weighted by Crippen LogP contribution is -2.34. The first-order chi connectivity index (χ1) is 10.3. The maximum absolute atomic E-state index is 12.9. The number of amides is 1. The third-order valence-electron chi connectivity index (χ3n) is 2.92. The van der Waals surface area contributed by atoms with Crippen LogP contribution in [0.4, 0.5) is 13.2 Å². The number of alkyl halides is 3. The van der Waals surface area contributed by atoms with Gasteiger partial charge in [-0.2, -0.15) is 13.2 Å². The average Bonchev–Trinajstić information content (AvgIpc) is 2.84. The first-order valence-electron chi connectivity index (χ1n) is 6.30. The van der Waals surface area contributed by atoms with E-state index in [-0.39, 0.29) is 17.7 Å². The molecular weight excluding hydrogens is 363 g/mol. The molecule has 117 valence electrons. The van der Waals surface area contributed by atoms with Crippen LogP contribution in [0.1, 0.15) is 21.7 Å². The molecular formula is C15H12BrF3NO2. The fourth-order valence-corrected chi connectivity index (χ4v) is 2.28.